The van der Waals surface area contributed by atoms with Gasteiger partial charge in [0, 0.05) is 0 Å². The molecule has 40 heavy (non-hydrogen) atoms. The second-order valence-corrected chi connectivity index (χ2v) is 11.9. The Kier molecular flexibility index (Phi) is 8.55. The van der Waals surface area contributed by atoms with Crippen LogP contribution >= 0.6 is 0 Å². The summed E-state index contributed by atoms with van der Waals surface area (Å²) in [5, 5.41) is 0. The van der Waals surface area contributed by atoms with Gasteiger partial charge in [0.05, 0.1) is 32.3 Å². The number of hydrogen-bond acceptors (Lipinski definition) is 9. The summed E-state index contributed by atoms with van der Waals surface area (Å²) in [5.74, 6) is 1.46. The summed E-state index contributed by atoms with van der Waals surface area (Å²) in [6.07, 6.45) is 1.91. The summed E-state index contributed by atoms with van der Waals surface area (Å²) < 4.78 is 74.8. The molecule has 0 aliphatic carbocycles. The highest BCUT2D eigenvalue weighted by Crippen LogP contribution is 2.45. The van der Waals surface area contributed by atoms with Crippen LogP contribution in [0.25, 0.3) is 22.3 Å². The van der Waals surface area contributed by atoms with Crippen molar-refractivity contribution in [3.05, 3.63) is 90.5 Å². The molecule has 0 aromatic heterocycles. The molecule has 0 bridgehead atoms. The maximum atomic E-state index is 12.2. The third-order valence-electron chi connectivity index (χ3n) is 5.65. The molecule has 4 rings (SSSR count). The molecule has 0 fully saturated rings. The van der Waals surface area contributed by atoms with Crippen LogP contribution in [0.15, 0.2) is 84.9 Å². The maximum Gasteiger partial charge on any atom is 0.306 e. The first-order valence-corrected chi connectivity index (χ1v) is 15.6. The van der Waals surface area contributed by atoms with Gasteiger partial charge >= 0.3 is 20.2 Å². The van der Waals surface area contributed by atoms with Gasteiger partial charge in [-0.15, -0.1) is 0 Å². The number of methoxy groups -OCH3 is 2. The fraction of sp³-hybridized carbons (Fsp3) is 0.172. The molecule has 0 radical (unpaired) electrons. The summed E-state index contributed by atoms with van der Waals surface area (Å²) in [4.78, 5) is 0. The monoisotopic (exact) mass is 584 g/mol. The van der Waals surface area contributed by atoms with Crippen LogP contribution in [0.3, 0.4) is 0 Å². The first-order chi connectivity index (χ1) is 19.0. The molecule has 0 saturated carbocycles. The van der Waals surface area contributed by atoms with Gasteiger partial charge in [-0.3, -0.25) is 0 Å². The van der Waals surface area contributed by atoms with Crippen molar-refractivity contribution in [3.8, 4) is 51.0 Å². The van der Waals surface area contributed by atoms with Crippen molar-refractivity contribution in [2.75, 3.05) is 26.7 Å². The third kappa shape index (κ3) is 7.45. The summed E-state index contributed by atoms with van der Waals surface area (Å²) >= 11 is 0. The molecule has 0 amide bonds. The van der Waals surface area contributed by atoms with Gasteiger partial charge in [-0.2, -0.15) is 16.8 Å². The smallest absolute Gasteiger partial charge is 0.306 e. The minimum absolute atomic E-state index is 0.0355. The van der Waals surface area contributed by atoms with Crippen LogP contribution in [0.2, 0.25) is 0 Å². The largest absolute Gasteiger partial charge is 0.496 e. The van der Waals surface area contributed by atoms with E-state index in [4.69, 9.17) is 22.6 Å². The van der Waals surface area contributed by atoms with E-state index in [0.29, 0.717) is 46.1 Å². The number of benzene rings is 4. The van der Waals surface area contributed by atoms with Gasteiger partial charge in [0.1, 0.15) is 18.1 Å². The lowest BCUT2D eigenvalue weighted by Crippen LogP contribution is -2.07. The van der Waals surface area contributed by atoms with Gasteiger partial charge in [-0.25, -0.2) is 0 Å². The van der Waals surface area contributed by atoms with Crippen LogP contribution in [0.4, 0.5) is 0 Å². The zero-order valence-electron chi connectivity index (χ0n) is 22.3. The Balaban J connectivity index is 1.76. The average molecular weight is 585 g/mol. The van der Waals surface area contributed by atoms with Crippen molar-refractivity contribution in [2.45, 2.75) is 6.61 Å². The van der Waals surface area contributed by atoms with Crippen LogP contribution < -0.4 is 22.6 Å². The van der Waals surface area contributed by atoms with E-state index in [1.807, 2.05) is 30.3 Å². The van der Waals surface area contributed by atoms with E-state index in [1.165, 1.54) is 26.4 Å². The number of ether oxygens (including phenoxy) is 3. The molecule has 0 N–H and O–H groups in total. The molecule has 0 aliphatic heterocycles. The second kappa shape index (κ2) is 11.9. The van der Waals surface area contributed by atoms with Crippen molar-refractivity contribution >= 4 is 20.2 Å². The van der Waals surface area contributed by atoms with Crippen LogP contribution in [0.1, 0.15) is 5.56 Å². The molecule has 210 valence electrons. The zero-order chi connectivity index (χ0) is 28.9. The van der Waals surface area contributed by atoms with E-state index in [2.05, 4.69) is 0 Å². The predicted molar refractivity (Wildman–Crippen MR) is 152 cm³/mol. The molecule has 0 atom stereocenters. The predicted octanol–water partition coefficient (Wildman–Crippen LogP) is 5.29. The quantitative estimate of drug-likeness (QED) is 0.217. The first kappa shape index (κ1) is 28.8. The van der Waals surface area contributed by atoms with Crippen molar-refractivity contribution < 1.29 is 39.4 Å². The van der Waals surface area contributed by atoms with Crippen molar-refractivity contribution in [3.63, 3.8) is 0 Å². The van der Waals surface area contributed by atoms with Crippen molar-refractivity contribution in [1.29, 1.82) is 0 Å². The first-order valence-electron chi connectivity index (χ1n) is 11.9. The second-order valence-electron chi connectivity index (χ2n) is 8.79. The standard InChI is InChI=1S/C29H28O9S2/c1-34-26-16-22(12-15-25(26)36-19-20-8-6-5-7-9-20)29-27(35-2)17-23(18-28(29)38-40(4,32)33)21-10-13-24(14-11-21)37-39(3,30)31/h5-18H,19H2,1-4H3. The lowest BCUT2D eigenvalue weighted by molar-refractivity contribution is 0.284. The van der Waals surface area contributed by atoms with Crippen LogP contribution in [-0.4, -0.2) is 43.6 Å². The van der Waals surface area contributed by atoms with Crippen LogP contribution in [0.5, 0.6) is 28.7 Å². The van der Waals surface area contributed by atoms with E-state index in [0.717, 1.165) is 18.1 Å². The Hall–Kier alpha value is -4.22. The van der Waals surface area contributed by atoms with Gasteiger partial charge in [0.25, 0.3) is 0 Å². The molecule has 0 saturated heterocycles. The highest BCUT2D eigenvalue weighted by Gasteiger charge is 2.21. The van der Waals surface area contributed by atoms with Gasteiger partial charge in [0.2, 0.25) is 0 Å². The van der Waals surface area contributed by atoms with Gasteiger partial charge in [-0.1, -0.05) is 48.5 Å². The summed E-state index contributed by atoms with van der Waals surface area (Å²) in [6, 6.07) is 24.4. The zero-order valence-corrected chi connectivity index (χ0v) is 23.9. The summed E-state index contributed by atoms with van der Waals surface area (Å²) in [5.41, 5.74) is 3.17. The Morgan fingerprint density at radius 3 is 1.75 bits per heavy atom. The lowest BCUT2D eigenvalue weighted by atomic mass is 9.97. The van der Waals surface area contributed by atoms with Crippen LogP contribution in [0, 0.1) is 0 Å². The number of rotatable bonds is 11. The SMILES string of the molecule is COc1cc(-c2c(OC)cc(-c3ccc(OS(C)(=O)=O)cc3)cc2OS(C)(=O)=O)ccc1OCc1ccccc1. The van der Waals surface area contributed by atoms with E-state index in [-0.39, 0.29) is 11.5 Å². The van der Waals surface area contributed by atoms with E-state index in [9.17, 15) is 16.8 Å². The molecule has 11 heteroatoms. The Morgan fingerprint density at radius 1 is 0.575 bits per heavy atom. The highest BCUT2D eigenvalue weighted by atomic mass is 32.2. The van der Waals surface area contributed by atoms with Gasteiger partial charge < -0.3 is 22.6 Å². The topological polar surface area (TPSA) is 114 Å². The normalized spacial score (nSPS) is 11.5. The molecule has 0 spiro atoms. The molecule has 0 unspecified atom stereocenters. The molecule has 0 heterocycles. The minimum atomic E-state index is -3.92. The molecular weight excluding hydrogens is 556 g/mol. The fourth-order valence-electron chi connectivity index (χ4n) is 3.99. The summed E-state index contributed by atoms with van der Waals surface area (Å²) in [7, 11) is -4.62. The molecule has 9 nitrogen and oxygen atoms in total. The Labute approximate surface area is 234 Å². The van der Waals surface area contributed by atoms with E-state index < -0.39 is 20.2 Å². The van der Waals surface area contributed by atoms with Crippen molar-refractivity contribution in [1.82, 2.24) is 0 Å². The van der Waals surface area contributed by atoms with E-state index in [1.54, 1.807) is 42.5 Å². The van der Waals surface area contributed by atoms with Gasteiger partial charge in [-0.05, 0) is 58.7 Å². The van der Waals surface area contributed by atoms with E-state index >= 15 is 0 Å². The lowest BCUT2D eigenvalue weighted by Gasteiger charge is -2.18. The maximum absolute atomic E-state index is 12.2. The highest BCUT2D eigenvalue weighted by molar-refractivity contribution is 7.86. The Bertz CT molecular complexity index is 1700. The molecular formula is C29H28O9S2. The summed E-state index contributed by atoms with van der Waals surface area (Å²) in [6.45, 7) is 0.338. The van der Waals surface area contributed by atoms with Gasteiger partial charge in [0.15, 0.2) is 17.2 Å². The molecule has 0 aliphatic rings. The van der Waals surface area contributed by atoms with Crippen LogP contribution in [-0.2, 0) is 26.8 Å². The van der Waals surface area contributed by atoms with Crippen molar-refractivity contribution in [2.24, 2.45) is 0 Å². The third-order valence-corrected chi connectivity index (χ3v) is 6.63. The number of hydrogen-bond donors (Lipinski definition) is 0. The molecule has 4 aromatic rings. The average Bonchev–Trinajstić information content (AvgIpc) is 2.90. The minimum Gasteiger partial charge on any atom is -0.496 e. The fourth-order valence-corrected chi connectivity index (χ4v) is 4.90. The molecule has 4 aromatic carbocycles. The Morgan fingerprint density at radius 2 is 1.15 bits per heavy atom.